The van der Waals surface area contributed by atoms with Crippen molar-refractivity contribution >= 4 is 5.97 Å². The number of carbonyl (C=O) groups is 1. The summed E-state index contributed by atoms with van der Waals surface area (Å²) in [4.78, 5) is 10.6. The Morgan fingerprint density at radius 1 is 0.727 bits per heavy atom. The summed E-state index contributed by atoms with van der Waals surface area (Å²) < 4.78 is 4.90. The Hall–Kier alpha value is -1.05. The molecule has 0 aliphatic rings. The smallest absolute Gasteiger partial charge is 0.302 e. The van der Waals surface area contributed by atoms with Gasteiger partial charge in [0, 0.05) is 6.92 Å². The van der Waals surface area contributed by atoms with Gasteiger partial charge in [-0.3, -0.25) is 4.79 Å². The van der Waals surface area contributed by atoms with Crippen LogP contribution in [-0.2, 0) is 9.53 Å². The molecule has 0 heterocycles. The number of hydrogen-bond acceptors (Lipinski definition) is 2. The number of allylic oxidation sites excluding steroid dienone is 4. The molecule has 0 aromatic heterocycles. The standard InChI is InChI=1S/C20H36O2/c1-3-4-5-6-7-8-9-10-11-12-13-14-15-16-17-18-19-22-20(2)21/h8-9,12-13H,3-7,10-11,14-19H2,1-2H3. The molecule has 0 aliphatic heterocycles. The topological polar surface area (TPSA) is 26.3 Å². The zero-order valence-electron chi connectivity index (χ0n) is 14.8. The highest BCUT2D eigenvalue weighted by Crippen LogP contribution is 2.06. The van der Waals surface area contributed by atoms with Crippen molar-refractivity contribution in [2.24, 2.45) is 0 Å². The van der Waals surface area contributed by atoms with Gasteiger partial charge < -0.3 is 4.74 Å². The SMILES string of the molecule is CCCCCCC=CCCC=CCCCCCCOC(C)=O. The predicted octanol–water partition coefficient (Wildman–Crippen LogP) is 6.36. The molecule has 0 bridgehead atoms. The normalized spacial score (nSPS) is 11.5. The van der Waals surface area contributed by atoms with Crippen LogP contribution in [0.2, 0.25) is 0 Å². The maximum atomic E-state index is 10.6. The summed E-state index contributed by atoms with van der Waals surface area (Å²) in [6.45, 7) is 4.30. The maximum Gasteiger partial charge on any atom is 0.302 e. The Bertz CT molecular complexity index is 292. The largest absolute Gasteiger partial charge is 0.466 e. The van der Waals surface area contributed by atoms with Gasteiger partial charge in [0.15, 0.2) is 0 Å². The second kappa shape index (κ2) is 18.0. The lowest BCUT2D eigenvalue weighted by Crippen LogP contribution is -1.99. The lowest BCUT2D eigenvalue weighted by Gasteiger charge is -2.00. The van der Waals surface area contributed by atoms with Gasteiger partial charge in [-0.25, -0.2) is 0 Å². The summed E-state index contributed by atoms with van der Waals surface area (Å²) >= 11 is 0. The molecule has 0 aromatic rings. The average molecular weight is 309 g/mol. The van der Waals surface area contributed by atoms with Gasteiger partial charge in [0.2, 0.25) is 0 Å². The highest BCUT2D eigenvalue weighted by atomic mass is 16.5. The minimum absolute atomic E-state index is 0.169. The van der Waals surface area contributed by atoms with Crippen molar-refractivity contribution in [3.8, 4) is 0 Å². The van der Waals surface area contributed by atoms with E-state index in [0.29, 0.717) is 6.61 Å². The lowest BCUT2D eigenvalue weighted by atomic mass is 10.1. The van der Waals surface area contributed by atoms with Crippen molar-refractivity contribution in [2.75, 3.05) is 6.61 Å². The molecule has 0 amide bonds. The van der Waals surface area contributed by atoms with Crippen LogP contribution in [0.1, 0.15) is 90.9 Å². The molecule has 2 heteroatoms. The van der Waals surface area contributed by atoms with E-state index < -0.39 is 0 Å². The number of unbranched alkanes of at least 4 members (excludes halogenated alkanes) is 9. The summed E-state index contributed by atoms with van der Waals surface area (Å²) in [5, 5.41) is 0. The number of rotatable bonds is 15. The van der Waals surface area contributed by atoms with E-state index in [4.69, 9.17) is 4.74 Å². The monoisotopic (exact) mass is 308 g/mol. The number of ether oxygens (including phenoxy) is 1. The van der Waals surface area contributed by atoms with Crippen molar-refractivity contribution in [3.63, 3.8) is 0 Å². The molecular weight excluding hydrogens is 272 g/mol. The van der Waals surface area contributed by atoms with Crippen LogP contribution >= 0.6 is 0 Å². The van der Waals surface area contributed by atoms with Crippen molar-refractivity contribution in [2.45, 2.75) is 90.9 Å². The molecule has 22 heavy (non-hydrogen) atoms. The molecule has 0 atom stereocenters. The van der Waals surface area contributed by atoms with E-state index in [1.165, 1.54) is 64.7 Å². The van der Waals surface area contributed by atoms with Crippen molar-refractivity contribution in [1.29, 1.82) is 0 Å². The van der Waals surface area contributed by atoms with E-state index in [-0.39, 0.29) is 5.97 Å². The molecule has 0 fully saturated rings. The van der Waals surface area contributed by atoms with Gasteiger partial charge in [-0.1, -0.05) is 63.3 Å². The summed E-state index contributed by atoms with van der Waals surface area (Å²) in [5.74, 6) is -0.169. The molecule has 2 nitrogen and oxygen atoms in total. The zero-order chi connectivity index (χ0) is 16.3. The van der Waals surface area contributed by atoms with E-state index in [1.807, 2.05) is 0 Å². The van der Waals surface area contributed by atoms with E-state index >= 15 is 0 Å². The van der Waals surface area contributed by atoms with E-state index in [1.54, 1.807) is 0 Å². The fraction of sp³-hybridized carbons (Fsp3) is 0.750. The molecule has 0 unspecified atom stereocenters. The van der Waals surface area contributed by atoms with Crippen molar-refractivity contribution in [1.82, 2.24) is 0 Å². The number of carbonyl (C=O) groups excluding carboxylic acids is 1. The average Bonchev–Trinajstić information content (AvgIpc) is 2.50. The molecule has 0 aromatic carbocycles. The van der Waals surface area contributed by atoms with Gasteiger partial charge in [-0.15, -0.1) is 0 Å². The van der Waals surface area contributed by atoms with Gasteiger partial charge in [0.05, 0.1) is 6.61 Å². The fourth-order valence-corrected chi connectivity index (χ4v) is 2.29. The minimum Gasteiger partial charge on any atom is -0.466 e. The molecule has 0 saturated carbocycles. The van der Waals surface area contributed by atoms with Gasteiger partial charge in [-0.05, 0) is 44.9 Å². The van der Waals surface area contributed by atoms with Gasteiger partial charge in [-0.2, -0.15) is 0 Å². The lowest BCUT2D eigenvalue weighted by molar-refractivity contribution is -0.141. The zero-order valence-corrected chi connectivity index (χ0v) is 14.8. The summed E-state index contributed by atoms with van der Waals surface area (Å²) in [7, 11) is 0. The number of esters is 1. The molecule has 0 radical (unpaired) electrons. The van der Waals surface area contributed by atoms with Crippen LogP contribution in [0.15, 0.2) is 24.3 Å². The van der Waals surface area contributed by atoms with Crippen LogP contribution in [0.25, 0.3) is 0 Å². The summed E-state index contributed by atoms with van der Waals surface area (Å²) in [5.41, 5.74) is 0. The van der Waals surface area contributed by atoms with Crippen LogP contribution in [0.3, 0.4) is 0 Å². The first-order valence-corrected chi connectivity index (χ1v) is 9.20. The van der Waals surface area contributed by atoms with E-state index in [2.05, 4.69) is 31.2 Å². The molecule has 0 rings (SSSR count). The second-order valence-corrected chi connectivity index (χ2v) is 5.91. The molecule has 0 spiro atoms. The quantitative estimate of drug-likeness (QED) is 0.200. The Morgan fingerprint density at radius 2 is 1.23 bits per heavy atom. The first-order valence-electron chi connectivity index (χ1n) is 9.20. The van der Waals surface area contributed by atoms with Crippen LogP contribution in [0.5, 0.6) is 0 Å². The summed E-state index contributed by atoms with van der Waals surface area (Å²) in [6, 6.07) is 0. The minimum atomic E-state index is -0.169. The Labute approximate surface area is 138 Å². The van der Waals surface area contributed by atoms with Crippen LogP contribution < -0.4 is 0 Å². The molecular formula is C20H36O2. The third-order valence-electron chi connectivity index (χ3n) is 3.63. The third kappa shape index (κ3) is 18.9. The van der Waals surface area contributed by atoms with E-state index in [0.717, 1.165) is 19.3 Å². The second-order valence-electron chi connectivity index (χ2n) is 5.91. The van der Waals surface area contributed by atoms with Crippen LogP contribution in [0, 0.1) is 0 Å². The van der Waals surface area contributed by atoms with Gasteiger partial charge >= 0.3 is 5.97 Å². The Balaban J connectivity index is 3.17. The molecule has 0 saturated heterocycles. The van der Waals surface area contributed by atoms with Crippen LogP contribution in [0.4, 0.5) is 0 Å². The Kier molecular flexibility index (Phi) is 17.1. The Morgan fingerprint density at radius 3 is 1.77 bits per heavy atom. The van der Waals surface area contributed by atoms with Gasteiger partial charge in [0.1, 0.15) is 0 Å². The fourth-order valence-electron chi connectivity index (χ4n) is 2.29. The first kappa shape index (κ1) is 20.9. The highest BCUT2D eigenvalue weighted by Gasteiger charge is 1.92. The molecule has 0 aliphatic carbocycles. The maximum absolute atomic E-state index is 10.6. The predicted molar refractivity (Wildman–Crippen MR) is 96.0 cm³/mol. The van der Waals surface area contributed by atoms with Crippen LogP contribution in [-0.4, -0.2) is 12.6 Å². The highest BCUT2D eigenvalue weighted by molar-refractivity contribution is 5.65. The van der Waals surface area contributed by atoms with E-state index in [9.17, 15) is 4.79 Å². The third-order valence-corrected chi connectivity index (χ3v) is 3.63. The number of hydrogen-bond donors (Lipinski definition) is 0. The van der Waals surface area contributed by atoms with Crippen molar-refractivity contribution < 1.29 is 9.53 Å². The first-order chi connectivity index (χ1) is 10.8. The van der Waals surface area contributed by atoms with Gasteiger partial charge in [0.25, 0.3) is 0 Å². The molecule has 128 valence electrons. The summed E-state index contributed by atoms with van der Waals surface area (Å²) in [6.07, 6.45) is 24.1. The molecule has 0 N–H and O–H groups in total. The van der Waals surface area contributed by atoms with Crippen molar-refractivity contribution in [3.05, 3.63) is 24.3 Å².